The lowest BCUT2D eigenvalue weighted by Crippen LogP contribution is -2.47. The first-order chi connectivity index (χ1) is 14.2. The minimum atomic E-state index is -0.695. The van der Waals surface area contributed by atoms with Gasteiger partial charge in [0.25, 0.3) is 5.91 Å². The van der Waals surface area contributed by atoms with Gasteiger partial charge in [-0.25, -0.2) is 0 Å². The van der Waals surface area contributed by atoms with E-state index >= 15 is 0 Å². The standard InChI is InChI=1S/C24H24N2O3/c1-29-22-15-9-8-14-20(22)17-25-24(28)21(16-18-10-4-2-5-11-18)26-23(27)19-12-6-3-7-13-19/h2-15,21H,16-17H2,1H3,(H,25,28)(H,26,27). The van der Waals surface area contributed by atoms with Crippen molar-refractivity contribution in [1.82, 2.24) is 10.6 Å². The summed E-state index contributed by atoms with van der Waals surface area (Å²) in [4.78, 5) is 25.5. The van der Waals surface area contributed by atoms with Crippen molar-refractivity contribution in [3.8, 4) is 5.75 Å². The molecule has 0 aromatic heterocycles. The zero-order chi connectivity index (χ0) is 20.5. The van der Waals surface area contributed by atoms with Crippen molar-refractivity contribution < 1.29 is 14.3 Å². The topological polar surface area (TPSA) is 67.4 Å². The maximum atomic E-state index is 12.9. The molecule has 3 aromatic rings. The first-order valence-corrected chi connectivity index (χ1v) is 9.47. The Bertz CT molecular complexity index is 943. The second kappa shape index (κ2) is 10.1. The largest absolute Gasteiger partial charge is 0.496 e. The molecule has 1 unspecified atom stereocenters. The minimum absolute atomic E-state index is 0.246. The number of ether oxygens (including phenoxy) is 1. The molecule has 0 saturated heterocycles. The third kappa shape index (κ3) is 5.69. The molecule has 29 heavy (non-hydrogen) atoms. The van der Waals surface area contributed by atoms with Crippen molar-refractivity contribution in [3.05, 3.63) is 102 Å². The van der Waals surface area contributed by atoms with Crippen molar-refractivity contribution in [2.24, 2.45) is 0 Å². The van der Waals surface area contributed by atoms with Crippen LogP contribution in [0, 0.1) is 0 Å². The molecule has 0 saturated carbocycles. The number of amides is 2. The van der Waals surface area contributed by atoms with Crippen molar-refractivity contribution in [1.29, 1.82) is 0 Å². The van der Waals surface area contributed by atoms with E-state index in [2.05, 4.69) is 10.6 Å². The van der Waals surface area contributed by atoms with E-state index in [-0.39, 0.29) is 11.8 Å². The lowest BCUT2D eigenvalue weighted by molar-refractivity contribution is -0.123. The molecule has 0 aliphatic heterocycles. The van der Waals surface area contributed by atoms with Gasteiger partial charge in [-0.2, -0.15) is 0 Å². The second-order valence-electron chi connectivity index (χ2n) is 6.61. The van der Waals surface area contributed by atoms with Crippen LogP contribution in [0.25, 0.3) is 0 Å². The molecule has 0 aliphatic rings. The van der Waals surface area contributed by atoms with Gasteiger partial charge >= 0.3 is 0 Å². The SMILES string of the molecule is COc1ccccc1CNC(=O)C(Cc1ccccc1)NC(=O)c1ccccc1. The Morgan fingerprint density at radius 3 is 2.17 bits per heavy atom. The highest BCUT2D eigenvalue weighted by Gasteiger charge is 2.22. The molecule has 5 nitrogen and oxygen atoms in total. The van der Waals surface area contributed by atoms with Gasteiger partial charge in [-0.05, 0) is 23.8 Å². The molecule has 0 heterocycles. The highest BCUT2D eigenvalue weighted by molar-refractivity contribution is 5.97. The third-order valence-electron chi connectivity index (χ3n) is 4.59. The van der Waals surface area contributed by atoms with Crippen molar-refractivity contribution in [2.45, 2.75) is 19.0 Å². The Morgan fingerprint density at radius 2 is 1.48 bits per heavy atom. The number of para-hydroxylation sites is 1. The Labute approximate surface area is 170 Å². The van der Waals surface area contributed by atoms with Crippen LogP contribution < -0.4 is 15.4 Å². The Morgan fingerprint density at radius 1 is 0.862 bits per heavy atom. The molecule has 0 fully saturated rings. The van der Waals surface area contributed by atoms with Gasteiger partial charge in [-0.15, -0.1) is 0 Å². The van der Waals surface area contributed by atoms with Crippen LogP contribution >= 0.6 is 0 Å². The van der Waals surface area contributed by atoms with Crippen LogP contribution in [-0.2, 0) is 17.8 Å². The van der Waals surface area contributed by atoms with E-state index in [1.165, 1.54) is 0 Å². The molecule has 3 aromatic carbocycles. The summed E-state index contributed by atoms with van der Waals surface area (Å²) in [6, 6.07) is 25.3. The fourth-order valence-electron chi connectivity index (χ4n) is 3.04. The summed E-state index contributed by atoms with van der Waals surface area (Å²) in [7, 11) is 1.60. The van der Waals surface area contributed by atoms with Gasteiger partial charge in [0, 0.05) is 24.1 Å². The molecule has 2 N–H and O–H groups in total. The van der Waals surface area contributed by atoms with Crippen LogP contribution in [0.3, 0.4) is 0 Å². The summed E-state index contributed by atoms with van der Waals surface area (Å²) in [5, 5.41) is 5.78. The molecule has 0 radical (unpaired) electrons. The number of carbonyl (C=O) groups is 2. The first-order valence-electron chi connectivity index (χ1n) is 9.47. The number of rotatable bonds is 8. The van der Waals surface area contributed by atoms with Gasteiger partial charge in [-0.3, -0.25) is 9.59 Å². The number of methoxy groups -OCH3 is 1. The highest BCUT2D eigenvalue weighted by Crippen LogP contribution is 2.17. The summed E-state index contributed by atoms with van der Waals surface area (Å²) in [6.45, 7) is 0.315. The molecular weight excluding hydrogens is 364 g/mol. The quantitative estimate of drug-likeness (QED) is 0.622. The average Bonchev–Trinajstić information content (AvgIpc) is 2.78. The van der Waals surface area contributed by atoms with Gasteiger partial charge in [0.15, 0.2) is 0 Å². The predicted molar refractivity (Wildman–Crippen MR) is 113 cm³/mol. The van der Waals surface area contributed by atoms with Crippen LogP contribution in [0.1, 0.15) is 21.5 Å². The molecule has 2 amide bonds. The van der Waals surface area contributed by atoms with E-state index in [0.717, 1.165) is 11.1 Å². The monoisotopic (exact) mass is 388 g/mol. The number of carbonyl (C=O) groups excluding carboxylic acids is 2. The van der Waals surface area contributed by atoms with E-state index in [0.29, 0.717) is 24.3 Å². The number of benzene rings is 3. The van der Waals surface area contributed by atoms with E-state index in [4.69, 9.17) is 4.74 Å². The maximum absolute atomic E-state index is 12.9. The van der Waals surface area contributed by atoms with Gasteiger partial charge in [0.2, 0.25) is 5.91 Å². The average molecular weight is 388 g/mol. The summed E-state index contributed by atoms with van der Waals surface area (Å²) >= 11 is 0. The maximum Gasteiger partial charge on any atom is 0.251 e. The van der Waals surface area contributed by atoms with Crippen LogP contribution in [0.5, 0.6) is 5.75 Å². The molecule has 3 rings (SSSR count). The van der Waals surface area contributed by atoms with Gasteiger partial charge in [-0.1, -0.05) is 66.7 Å². The number of hydrogen-bond donors (Lipinski definition) is 2. The molecule has 5 heteroatoms. The molecule has 148 valence electrons. The van der Waals surface area contributed by atoms with Crippen LogP contribution in [0.15, 0.2) is 84.9 Å². The second-order valence-corrected chi connectivity index (χ2v) is 6.61. The van der Waals surface area contributed by atoms with Gasteiger partial charge < -0.3 is 15.4 Å². The van der Waals surface area contributed by atoms with E-state index < -0.39 is 6.04 Å². The normalized spacial score (nSPS) is 11.3. The van der Waals surface area contributed by atoms with Crippen LogP contribution in [0.2, 0.25) is 0 Å². The minimum Gasteiger partial charge on any atom is -0.496 e. The fourth-order valence-corrected chi connectivity index (χ4v) is 3.04. The Kier molecular flexibility index (Phi) is 7.00. The molecule has 1 atom stereocenters. The third-order valence-corrected chi connectivity index (χ3v) is 4.59. The van der Waals surface area contributed by atoms with Crippen molar-refractivity contribution in [2.75, 3.05) is 7.11 Å². The Balaban J connectivity index is 1.72. The Hall–Kier alpha value is -3.60. The smallest absolute Gasteiger partial charge is 0.251 e. The predicted octanol–water partition coefficient (Wildman–Crippen LogP) is 3.35. The van der Waals surface area contributed by atoms with E-state index in [1.54, 1.807) is 31.4 Å². The molecule has 0 bridgehead atoms. The number of hydrogen-bond acceptors (Lipinski definition) is 3. The molecule has 0 spiro atoms. The van der Waals surface area contributed by atoms with Crippen molar-refractivity contribution >= 4 is 11.8 Å². The summed E-state index contributed by atoms with van der Waals surface area (Å²) in [5.41, 5.74) is 2.36. The highest BCUT2D eigenvalue weighted by atomic mass is 16.5. The lowest BCUT2D eigenvalue weighted by atomic mass is 10.0. The lowest BCUT2D eigenvalue weighted by Gasteiger charge is -2.19. The van der Waals surface area contributed by atoms with Crippen LogP contribution in [-0.4, -0.2) is 25.0 Å². The number of nitrogens with one attached hydrogen (secondary N) is 2. The van der Waals surface area contributed by atoms with E-state index in [9.17, 15) is 9.59 Å². The zero-order valence-electron chi connectivity index (χ0n) is 16.3. The summed E-state index contributed by atoms with van der Waals surface area (Å²) in [5.74, 6) is 0.184. The van der Waals surface area contributed by atoms with Gasteiger partial charge in [0.05, 0.1) is 7.11 Å². The van der Waals surface area contributed by atoms with Crippen LogP contribution in [0.4, 0.5) is 0 Å². The fraction of sp³-hybridized carbons (Fsp3) is 0.167. The molecular formula is C24H24N2O3. The zero-order valence-corrected chi connectivity index (χ0v) is 16.3. The molecule has 0 aliphatic carbocycles. The summed E-state index contributed by atoms with van der Waals surface area (Å²) in [6.07, 6.45) is 0.400. The van der Waals surface area contributed by atoms with Crippen molar-refractivity contribution in [3.63, 3.8) is 0 Å². The first kappa shape index (κ1) is 20.1. The summed E-state index contributed by atoms with van der Waals surface area (Å²) < 4.78 is 5.34. The van der Waals surface area contributed by atoms with Gasteiger partial charge in [0.1, 0.15) is 11.8 Å². The van der Waals surface area contributed by atoms with E-state index in [1.807, 2.05) is 60.7 Å².